The van der Waals surface area contributed by atoms with Crippen molar-refractivity contribution in [1.82, 2.24) is 5.32 Å². The van der Waals surface area contributed by atoms with Crippen molar-refractivity contribution < 1.29 is 9.13 Å². The molecule has 4 heteroatoms. The van der Waals surface area contributed by atoms with Crippen LogP contribution in [0.25, 0.3) is 0 Å². The fourth-order valence-corrected chi connectivity index (χ4v) is 1.87. The van der Waals surface area contributed by atoms with Gasteiger partial charge in [0, 0.05) is 17.6 Å². The number of hydrogen-bond donors (Lipinski definition) is 1. The first-order valence-corrected chi connectivity index (χ1v) is 6.36. The third kappa shape index (κ3) is 6.56. The second-order valence-corrected chi connectivity index (χ2v) is 4.56. The SMILES string of the molecule is C=CCCOCCNCc1cc(F)cc(Br)c1. The molecule has 1 aromatic carbocycles. The Morgan fingerprint density at radius 1 is 1.35 bits per heavy atom. The Balaban J connectivity index is 2.15. The highest BCUT2D eigenvalue weighted by atomic mass is 79.9. The lowest BCUT2D eigenvalue weighted by Crippen LogP contribution is -2.19. The number of ether oxygens (including phenoxy) is 1. The van der Waals surface area contributed by atoms with Crippen LogP contribution >= 0.6 is 15.9 Å². The second-order valence-electron chi connectivity index (χ2n) is 3.64. The van der Waals surface area contributed by atoms with Gasteiger partial charge in [0.25, 0.3) is 0 Å². The van der Waals surface area contributed by atoms with E-state index in [0.717, 1.165) is 23.0 Å². The lowest BCUT2D eigenvalue weighted by atomic mass is 10.2. The van der Waals surface area contributed by atoms with E-state index in [1.807, 2.05) is 12.1 Å². The zero-order valence-corrected chi connectivity index (χ0v) is 11.3. The highest BCUT2D eigenvalue weighted by Gasteiger charge is 1.98. The number of rotatable bonds is 8. The molecular weight excluding hydrogens is 285 g/mol. The van der Waals surface area contributed by atoms with Crippen molar-refractivity contribution in [3.8, 4) is 0 Å². The van der Waals surface area contributed by atoms with Crippen LogP contribution in [0.3, 0.4) is 0 Å². The Kier molecular flexibility index (Phi) is 7.08. The molecule has 0 aliphatic rings. The van der Waals surface area contributed by atoms with Crippen LogP contribution < -0.4 is 5.32 Å². The molecule has 0 aliphatic heterocycles. The minimum atomic E-state index is -0.224. The summed E-state index contributed by atoms with van der Waals surface area (Å²) in [5, 5.41) is 3.19. The Bertz CT molecular complexity index is 337. The molecule has 0 bridgehead atoms. The van der Waals surface area contributed by atoms with Crippen molar-refractivity contribution in [3.63, 3.8) is 0 Å². The van der Waals surface area contributed by atoms with Crippen molar-refractivity contribution in [3.05, 3.63) is 46.7 Å². The molecule has 0 aliphatic carbocycles. The standard InChI is InChI=1S/C13H17BrFNO/c1-2-3-5-17-6-4-16-10-11-7-12(14)9-13(15)8-11/h2,7-9,16H,1,3-6,10H2. The van der Waals surface area contributed by atoms with Crippen LogP contribution in [-0.2, 0) is 11.3 Å². The van der Waals surface area contributed by atoms with Gasteiger partial charge in [0.2, 0.25) is 0 Å². The largest absolute Gasteiger partial charge is 0.380 e. The summed E-state index contributed by atoms with van der Waals surface area (Å²) >= 11 is 3.26. The Morgan fingerprint density at radius 3 is 2.88 bits per heavy atom. The molecule has 0 heterocycles. The molecule has 0 fully saturated rings. The van der Waals surface area contributed by atoms with Crippen molar-refractivity contribution in [1.29, 1.82) is 0 Å². The topological polar surface area (TPSA) is 21.3 Å². The van der Waals surface area contributed by atoms with Crippen molar-refractivity contribution in [2.45, 2.75) is 13.0 Å². The van der Waals surface area contributed by atoms with Crippen LogP contribution in [0.15, 0.2) is 35.3 Å². The maximum absolute atomic E-state index is 13.1. The van der Waals surface area contributed by atoms with E-state index in [0.29, 0.717) is 19.8 Å². The summed E-state index contributed by atoms with van der Waals surface area (Å²) in [6.45, 7) is 6.37. The normalized spacial score (nSPS) is 10.5. The van der Waals surface area contributed by atoms with E-state index in [2.05, 4.69) is 27.8 Å². The molecule has 17 heavy (non-hydrogen) atoms. The van der Waals surface area contributed by atoms with Gasteiger partial charge in [-0.3, -0.25) is 0 Å². The Labute approximate surface area is 110 Å². The van der Waals surface area contributed by atoms with E-state index in [1.165, 1.54) is 12.1 Å². The number of halogens is 2. The fraction of sp³-hybridized carbons (Fsp3) is 0.385. The summed E-state index contributed by atoms with van der Waals surface area (Å²) in [6.07, 6.45) is 2.70. The van der Waals surface area contributed by atoms with E-state index in [4.69, 9.17) is 4.74 Å². The van der Waals surface area contributed by atoms with Gasteiger partial charge < -0.3 is 10.1 Å². The van der Waals surface area contributed by atoms with Crippen LogP contribution in [0, 0.1) is 5.82 Å². The Morgan fingerprint density at radius 2 is 2.18 bits per heavy atom. The summed E-state index contributed by atoms with van der Waals surface area (Å²) in [6, 6.07) is 4.87. The van der Waals surface area contributed by atoms with Crippen LogP contribution in [0.5, 0.6) is 0 Å². The van der Waals surface area contributed by atoms with Gasteiger partial charge in [-0.15, -0.1) is 6.58 Å². The average Bonchev–Trinajstić information content (AvgIpc) is 2.26. The summed E-state index contributed by atoms with van der Waals surface area (Å²) in [7, 11) is 0. The molecule has 0 radical (unpaired) electrons. The molecule has 1 rings (SSSR count). The lowest BCUT2D eigenvalue weighted by Gasteiger charge is -2.06. The second kappa shape index (κ2) is 8.39. The number of benzene rings is 1. The monoisotopic (exact) mass is 301 g/mol. The average molecular weight is 302 g/mol. The number of hydrogen-bond acceptors (Lipinski definition) is 2. The highest BCUT2D eigenvalue weighted by molar-refractivity contribution is 9.10. The summed E-state index contributed by atoms with van der Waals surface area (Å²) in [5.74, 6) is -0.224. The molecular formula is C13H17BrFNO. The van der Waals surface area contributed by atoms with Gasteiger partial charge in [0.1, 0.15) is 5.82 Å². The zero-order valence-electron chi connectivity index (χ0n) is 9.72. The first kappa shape index (κ1) is 14.4. The van der Waals surface area contributed by atoms with Gasteiger partial charge in [0.05, 0.1) is 13.2 Å². The summed E-state index contributed by atoms with van der Waals surface area (Å²) < 4.78 is 19.2. The molecule has 0 aromatic heterocycles. The lowest BCUT2D eigenvalue weighted by molar-refractivity contribution is 0.140. The van der Waals surface area contributed by atoms with Gasteiger partial charge in [-0.25, -0.2) is 4.39 Å². The minimum absolute atomic E-state index is 0.224. The van der Waals surface area contributed by atoms with Crippen molar-refractivity contribution >= 4 is 15.9 Å². The number of nitrogens with one attached hydrogen (secondary N) is 1. The molecule has 0 saturated heterocycles. The summed E-state index contributed by atoms with van der Waals surface area (Å²) in [5.41, 5.74) is 0.919. The quantitative estimate of drug-likeness (QED) is 0.588. The van der Waals surface area contributed by atoms with Crippen LogP contribution in [-0.4, -0.2) is 19.8 Å². The van der Waals surface area contributed by atoms with Crippen LogP contribution in [0.2, 0.25) is 0 Å². The molecule has 0 amide bonds. The molecule has 0 saturated carbocycles. The maximum atomic E-state index is 13.1. The molecule has 1 aromatic rings. The molecule has 2 nitrogen and oxygen atoms in total. The third-order valence-corrected chi connectivity index (χ3v) is 2.60. The first-order chi connectivity index (χ1) is 8.22. The van der Waals surface area contributed by atoms with Gasteiger partial charge in [-0.2, -0.15) is 0 Å². The van der Waals surface area contributed by atoms with E-state index in [1.54, 1.807) is 0 Å². The van der Waals surface area contributed by atoms with E-state index in [-0.39, 0.29) is 5.82 Å². The van der Waals surface area contributed by atoms with Gasteiger partial charge in [-0.05, 0) is 30.2 Å². The van der Waals surface area contributed by atoms with E-state index >= 15 is 0 Å². The minimum Gasteiger partial charge on any atom is -0.380 e. The van der Waals surface area contributed by atoms with Crippen LogP contribution in [0.4, 0.5) is 4.39 Å². The van der Waals surface area contributed by atoms with Crippen molar-refractivity contribution in [2.75, 3.05) is 19.8 Å². The van der Waals surface area contributed by atoms with E-state index in [9.17, 15) is 4.39 Å². The molecule has 1 N–H and O–H groups in total. The fourth-order valence-electron chi connectivity index (χ4n) is 1.36. The predicted molar refractivity (Wildman–Crippen MR) is 71.4 cm³/mol. The summed E-state index contributed by atoms with van der Waals surface area (Å²) in [4.78, 5) is 0. The molecule has 0 spiro atoms. The first-order valence-electron chi connectivity index (χ1n) is 5.56. The van der Waals surface area contributed by atoms with Gasteiger partial charge in [0.15, 0.2) is 0 Å². The predicted octanol–water partition coefficient (Wildman–Crippen LogP) is 3.27. The zero-order chi connectivity index (χ0) is 12.5. The maximum Gasteiger partial charge on any atom is 0.124 e. The van der Waals surface area contributed by atoms with Gasteiger partial charge >= 0.3 is 0 Å². The third-order valence-electron chi connectivity index (χ3n) is 2.14. The Hall–Kier alpha value is -0.710. The van der Waals surface area contributed by atoms with Crippen molar-refractivity contribution in [2.24, 2.45) is 0 Å². The van der Waals surface area contributed by atoms with Gasteiger partial charge in [-0.1, -0.05) is 22.0 Å². The molecule has 0 atom stereocenters. The van der Waals surface area contributed by atoms with Crippen LogP contribution in [0.1, 0.15) is 12.0 Å². The molecule has 0 unspecified atom stereocenters. The smallest absolute Gasteiger partial charge is 0.124 e. The highest BCUT2D eigenvalue weighted by Crippen LogP contribution is 2.14. The molecule has 94 valence electrons. The van der Waals surface area contributed by atoms with E-state index < -0.39 is 0 Å².